The van der Waals surface area contributed by atoms with E-state index in [1.807, 2.05) is 76.2 Å². The van der Waals surface area contributed by atoms with E-state index < -0.39 is 12.6 Å². The average Bonchev–Trinajstić information content (AvgIpc) is 3.28. The van der Waals surface area contributed by atoms with Crippen molar-refractivity contribution < 1.29 is 19.1 Å². The molecule has 0 bridgehead atoms. The molecule has 0 aliphatic heterocycles. The molecule has 7 nitrogen and oxygen atoms in total. The Labute approximate surface area is 206 Å². The molecule has 0 atom stereocenters. The van der Waals surface area contributed by atoms with Crippen LogP contribution in [0.5, 0.6) is 0 Å². The molecule has 0 fully saturated rings. The Kier molecular flexibility index (Phi) is 8.45. The fraction of sp³-hybridized carbons (Fsp3) is 0.321. The summed E-state index contributed by atoms with van der Waals surface area (Å²) in [4.78, 5) is 25.4. The average molecular weight is 474 g/mol. The second-order valence-corrected chi connectivity index (χ2v) is 8.50. The molecule has 2 aromatic heterocycles. The zero-order valence-electron chi connectivity index (χ0n) is 20.9. The number of benzene rings is 1. The fourth-order valence-corrected chi connectivity index (χ4v) is 4.17. The van der Waals surface area contributed by atoms with Gasteiger partial charge in [-0.05, 0) is 57.0 Å². The Morgan fingerprint density at radius 3 is 2.34 bits per heavy atom. The Morgan fingerprint density at radius 2 is 1.69 bits per heavy atom. The smallest absolute Gasteiger partial charge is 0.349 e. The molecule has 2 heterocycles. The normalized spacial score (nSPS) is 11.4. The summed E-state index contributed by atoms with van der Waals surface area (Å²) in [7, 11) is 1.64. The number of carbonyl (C=O) groups is 2. The quantitative estimate of drug-likeness (QED) is 0.187. The van der Waals surface area contributed by atoms with E-state index in [0.717, 1.165) is 33.9 Å². The molecule has 0 amide bonds. The highest BCUT2D eigenvalue weighted by Gasteiger charge is 2.20. The summed E-state index contributed by atoms with van der Waals surface area (Å²) in [6.07, 6.45) is 1.50. The maximum absolute atomic E-state index is 12.9. The number of hydrogen-bond donors (Lipinski definition) is 0. The van der Waals surface area contributed by atoms with Crippen LogP contribution in [0, 0.1) is 39.0 Å². The number of hydrogen-bond acceptors (Lipinski definition) is 5. The van der Waals surface area contributed by atoms with Gasteiger partial charge < -0.3 is 18.6 Å². The van der Waals surface area contributed by atoms with Gasteiger partial charge in [0.2, 0.25) is 5.78 Å². The van der Waals surface area contributed by atoms with Gasteiger partial charge in [-0.15, -0.1) is 0 Å². The second kappa shape index (κ2) is 11.5. The van der Waals surface area contributed by atoms with E-state index in [1.165, 1.54) is 6.08 Å². The first kappa shape index (κ1) is 25.7. The first-order chi connectivity index (χ1) is 16.8. The topological polar surface area (TPSA) is 86.2 Å². The largest absolute Gasteiger partial charge is 0.453 e. The van der Waals surface area contributed by atoms with Crippen LogP contribution in [0.25, 0.3) is 6.08 Å². The molecule has 0 saturated heterocycles. The van der Waals surface area contributed by atoms with Gasteiger partial charge in [0.1, 0.15) is 11.6 Å². The first-order valence-corrected chi connectivity index (χ1v) is 11.4. The number of aryl methyl sites for hydroxylation is 2. The van der Waals surface area contributed by atoms with Crippen molar-refractivity contribution in [3.8, 4) is 6.07 Å². The number of ketones is 1. The van der Waals surface area contributed by atoms with Gasteiger partial charge >= 0.3 is 5.97 Å². The molecule has 1 aromatic carbocycles. The molecule has 0 radical (unpaired) electrons. The van der Waals surface area contributed by atoms with Crippen molar-refractivity contribution in [1.29, 1.82) is 5.26 Å². The highest BCUT2D eigenvalue weighted by atomic mass is 16.5. The second-order valence-electron chi connectivity index (χ2n) is 8.50. The lowest BCUT2D eigenvalue weighted by Crippen LogP contribution is -2.16. The molecular formula is C28H31N3O4. The molecule has 3 aromatic rings. The molecule has 0 saturated carbocycles. The maximum Gasteiger partial charge on any atom is 0.349 e. The third-order valence-corrected chi connectivity index (χ3v) is 6.16. The van der Waals surface area contributed by atoms with Gasteiger partial charge in [-0.3, -0.25) is 4.79 Å². The highest BCUT2D eigenvalue weighted by Crippen LogP contribution is 2.20. The van der Waals surface area contributed by atoms with Crippen molar-refractivity contribution in [2.75, 3.05) is 20.3 Å². The Morgan fingerprint density at radius 1 is 1.00 bits per heavy atom. The molecule has 3 rings (SSSR count). The van der Waals surface area contributed by atoms with Crippen LogP contribution in [0.1, 0.15) is 44.3 Å². The van der Waals surface area contributed by atoms with Crippen molar-refractivity contribution >= 4 is 17.8 Å². The fourth-order valence-electron chi connectivity index (χ4n) is 4.17. The van der Waals surface area contributed by atoms with Crippen molar-refractivity contribution in [2.24, 2.45) is 0 Å². The number of esters is 1. The molecule has 0 N–H and O–H groups in total. The lowest BCUT2D eigenvalue weighted by Gasteiger charge is -2.10. The summed E-state index contributed by atoms with van der Waals surface area (Å²) in [6.45, 7) is 9.15. The Balaban J connectivity index is 1.70. The third-order valence-electron chi connectivity index (χ3n) is 6.16. The molecule has 0 aliphatic rings. The van der Waals surface area contributed by atoms with Crippen molar-refractivity contribution in [2.45, 2.75) is 40.8 Å². The van der Waals surface area contributed by atoms with Crippen molar-refractivity contribution in [3.05, 3.63) is 87.5 Å². The number of rotatable bonds is 10. The van der Waals surface area contributed by atoms with E-state index in [9.17, 15) is 14.9 Å². The van der Waals surface area contributed by atoms with Gasteiger partial charge in [0.25, 0.3) is 0 Å². The number of nitrogens with zero attached hydrogens (tertiary/aromatic N) is 3. The van der Waals surface area contributed by atoms with E-state index in [0.29, 0.717) is 25.3 Å². The van der Waals surface area contributed by atoms with Crippen LogP contribution in [0.3, 0.4) is 0 Å². The molecule has 7 heteroatoms. The van der Waals surface area contributed by atoms with Gasteiger partial charge in [0, 0.05) is 48.5 Å². The van der Waals surface area contributed by atoms with Crippen LogP contribution in [0.4, 0.5) is 0 Å². The predicted molar refractivity (Wildman–Crippen MR) is 134 cm³/mol. The van der Waals surface area contributed by atoms with Gasteiger partial charge in [-0.25, -0.2) is 4.79 Å². The summed E-state index contributed by atoms with van der Waals surface area (Å²) >= 11 is 0. The lowest BCUT2D eigenvalue weighted by atomic mass is 10.1. The van der Waals surface area contributed by atoms with E-state index in [2.05, 4.69) is 9.13 Å². The SMILES string of the molecule is COCCn1c(C)cc(C=C(C#N)C(=O)OCC(=O)c2cc(C)n(Cc3ccccc3)c2C)c1C. The molecule has 182 valence electrons. The van der Waals surface area contributed by atoms with Crippen LogP contribution in [-0.2, 0) is 27.4 Å². The molecule has 0 aliphatic carbocycles. The summed E-state index contributed by atoms with van der Waals surface area (Å²) < 4.78 is 14.5. The lowest BCUT2D eigenvalue weighted by molar-refractivity contribution is -0.137. The predicted octanol–water partition coefficient (Wildman–Crippen LogP) is 4.55. The third kappa shape index (κ3) is 5.97. The summed E-state index contributed by atoms with van der Waals surface area (Å²) in [6, 6.07) is 15.6. The Bertz CT molecular complexity index is 1290. The minimum atomic E-state index is -0.819. The summed E-state index contributed by atoms with van der Waals surface area (Å²) in [5.41, 5.74) is 5.91. The minimum absolute atomic E-state index is 0.153. The Hall–Kier alpha value is -3.89. The van der Waals surface area contributed by atoms with E-state index in [1.54, 1.807) is 7.11 Å². The summed E-state index contributed by atoms with van der Waals surface area (Å²) in [5.74, 6) is -1.12. The van der Waals surface area contributed by atoms with Crippen LogP contribution >= 0.6 is 0 Å². The number of aromatic nitrogens is 2. The number of nitriles is 1. The number of Topliss-reactive ketones (excluding diaryl/α,β-unsaturated/α-hetero) is 1. The van der Waals surface area contributed by atoms with Crippen LogP contribution in [-0.4, -0.2) is 41.2 Å². The monoisotopic (exact) mass is 473 g/mol. The highest BCUT2D eigenvalue weighted by molar-refractivity contribution is 6.02. The van der Waals surface area contributed by atoms with Gasteiger partial charge in [-0.1, -0.05) is 30.3 Å². The van der Waals surface area contributed by atoms with Crippen LogP contribution in [0.2, 0.25) is 0 Å². The van der Waals surface area contributed by atoms with Crippen LogP contribution < -0.4 is 0 Å². The summed E-state index contributed by atoms with van der Waals surface area (Å²) in [5, 5.41) is 9.54. The first-order valence-electron chi connectivity index (χ1n) is 11.4. The number of methoxy groups -OCH3 is 1. The number of carbonyl (C=O) groups excluding carboxylic acids is 2. The maximum atomic E-state index is 12.9. The van der Waals surface area contributed by atoms with Crippen molar-refractivity contribution in [1.82, 2.24) is 9.13 Å². The van der Waals surface area contributed by atoms with Crippen molar-refractivity contribution in [3.63, 3.8) is 0 Å². The van der Waals surface area contributed by atoms with E-state index in [-0.39, 0.29) is 11.4 Å². The minimum Gasteiger partial charge on any atom is -0.453 e. The number of ether oxygens (including phenoxy) is 2. The van der Waals surface area contributed by atoms with E-state index >= 15 is 0 Å². The van der Waals surface area contributed by atoms with E-state index in [4.69, 9.17) is 9.47 Å². The van der Waals surface area contributed by atoms with Crippen LogP contribution in [0.15, 0.2) is 48.0 Å². The molecule has 35 heavy (non-hydrogen) atoms. The molecular weight excluding hydrogens is 442 g/mol. The standard InChI is InChI=1S/C28H31N3O4/c1-19-13-24(21(3)30(19)11-12-34-5)15-25(16-29)28(33)35-18-27(32)26-14-20(2)31(22(26)4)17-23-9-7-6-8-10-23/h6-10,13-15H,11-12,17-18H2,1-5H3. The molecule has 0 spiro atoms. The zero-order valence-corrected chi connectivity index (χ0v) is 20.9. The van der Waals surface area contributed by atoms with Gasteiger partial charge in [-0.2, -0.15) is 5.26 Å². The van der Waals surface area contributed by atoms with Gasteiger partial charge in [0.05, 0.1) is 6.61 Å². The molecule has 0 unspecified atom stereocenters. The van der Waals surface area contributed by atoms with Gasteiger partial charge in [0.15, 0.2) is 6.61 Å². The zero-order chi connectivity index (χ0) is 25.5.